The Balaban J connectivity index is 2.01. The van der Waals surface area contributed by atoms with Crippen LogP contribution in [0.25, 0.3) is 11.1 Å². The number of halogens is 1. The van der Waals surface area contributed by atoms with E-state index in [1.54, 1.807) is 12.1 Å². The highest BCUT2D eigenvalue weighted by molar-refractivity contribution is 7.85. The Labute approximate surface area is 158 Å². The van der Waals surface area contributed by atoms with Gasteiger partial charge in [-0.15, -0.1) is 0 Å². The standard InChI is InChI=1S/C24H18FOP/c25-20-17-15-19(16-18-20)23-13-7-8-14-24(23)27(26,21-9-3-1-4-10-21)22-11-5-2-6-12-22/h1-18H. The molecule has 4 aromatic carbocycles. The summed E-state index contributed by atoms with van der Waals surface area (Å²) in [4.78, 5) is 0. The highest BCUT2D eigenvalue weighted by atomic mass is 31.2. The van der Waals surface area contributed by atoms with E-state index in [9.17, 15) is 8.96 Å². The molecular formula is C24H18FOP. The van der Waals surface area contributed by atoms with E-state index in [1.807, 2.05) is 84.9 Å². The minimum atomic E-state index is -3.09. The van der Waals surface area contributed by atoms with Gasteiger partial charge >= 0.3 is 0 Å². The van der Waals surface area contributed by atoms with Crippen LogP contribution >= 0.6 is 7.14 Å². The summed E-state index contributed by atoms with van der Waals surface area (Å²) in [6, 6.07) is 33.1. The van der Waals surface area contributed by atoms with Crippen molar-refractivity contribution in [2.75, 3.05) is 0 Å². The van der Waals surface area contributed by atoms with E-state index in [0.717, 1.165) is 27.0 Å². The molecule has 0 aromatic heterocycles. The summed E-state index contributed by atoms with van der Waals surface area (Å²) >= 11 is 0. The predicted molar refractivity (Wildman–Crippen MR) is 111 cm³/mol. The van der Waals surface area contributed by atoms with Crippen molar-refractivity contribution in [3.63, 3.8) is 0 Å². The van der Waals surface area contributed by atoms with Gasteiger partial charge in [0.15, 0.2) is 7.14 Å². The van der Waals surface area contributed by atoms with Crippen LogP contribution in [0.15, 0.2) is 109 Å². The third kappa shape index (κ3) is 3.25. The zero-order chi connectivity index (χ0) is 18.7. The fourth-order valence-corrected chi connectivity index (χ4v) is 6.20. The second-order valence-electron chi connectivity index (χ2n) is 6.30. The Morgan fingerprint density at radius 3 is 1.59 bits per heavy atom. The maximum atomic E-state index is 14.6. The molecule has 0 N–H and O–H groups in total. The molecule has 0 radical (unpaired) electrons. The van der Waals surface area contributed by atoms with Crippen LogP contribution < -0.4 is 15.9 Å². The Morgan fingerprint density at radius 2 is 1.04 bits per heavy atom. The molecule has 0 saturated carbocycles. The third-order valence-corrected chi connectivity index (χ3v) is 7.76. The molecule has 0 saturated heterocycles. The molecule has 0 amide bonds. The van der Waals surface area contributed by atoms with Gasteiger partial charge in [0, 0.05) is 15.9 Å². The average molecular weight is 372 g/mol. The first-order chi connectivity index (χ1) is 13.2. The third-order valence-electron chi connectivity index (χ3n) is 4.64. The second kappa shape index (κ2) is 7.34. The normalized spacial score (nSPS) is 11.3. The van der Waals surface area contributed by atoms with E-state index in [2.05, 4.69) is 0 Å². The highest BCUT2D eigenvalue weighted by Gasteiger charge is 2.31. The zero-order valence-electron chi connectivity index (χ0n) is 14.6. The topological polar surface area (TPSA) is 17.1 Å². The lowest BCUT2D eigenvalue weighted by atomic mass is 10.1. The molecule has 0 aliphatic heterocycles. The molecule has 3 heteroatoms. The Hall–Kier alpha value is -2.96. The largest absolute Gasteiger partial charge is 0.309 e. The molecule has 0 atom stereocenters. The Bertz CT molecular complexity index is 1050. The van der Waals surface area contributed by atoms with Gasteiger partial charge in [0.25, 0.3) is 0 Å². The van der Waals surface area contributed by atoms with Crippen LogP contribution in [0.3, 0.4) is 0 Å². The van der Waals surface area contributed by atoms with Crippen molar-refractivity contribution in [1.82, 2.24) is 0 Å². The first kappa shape index (κ1) is 17.5. The van der Waals surface area contributed by atoms with E-state index in [-0.39, 0.29) is 5.82 Å². The number of benzene rings is 4. The lowest BCUT2D eigenvalue weighted by Crippen LogP contribution is -2.26. The summed E-state index contributed by atoms with van der Waals surface area (Å²) in [5, 5.41) is 2.32. The van der Waals surface area contributed by atoms with Crippen molar-refractivity contribution >= 4 is 23.1 Å². The van der Waals surface area contributed by atoms with Crippen LogP contribution in [0.1, 0.15) is 0 Å². The first-order valence-electron chi connectivity index (χ1n) is 8.76. The average Bonchev–Trinajstić information content (AvgIpc) is 2.75. The maximum Gasteiger partial charge on any atom is 0.171 e. The zero-order valence-corrected chi connectivity index (χ0v) is 15.5. The lowest BCUT2D eigenvalue weighted by Gasteiger charge is -2.23. The van der Waals surface area contributed by atoms with Crippen LogP contribution in [-0.2, 0) is 4.57 Å². The summed E-state index contributed by atoms with van der Waals surface area (Å²) in [6.45, 7) is 0. The molecule has 0 fully saturated rings. The van der Waals surface area contributed by atoms with Crippen LogP contribution in [0, 0.1) is 5.82 Å². The fraction of sp³-hybridized carbons (Fsp3) is 0. The molecule has 0 unspecified atom stereocenters. The molecule has 27 heavy (non-hydrogen) atoms. The minimum Gasteiger partial charge on any atom is -0.309 e. The lowest BCUT2D eigenvalue weighted by molar-refractivity contribution is 0.592. The van der Waals surface area contributed by atoms with Crippen molar-refractivity contribution in [3.8, 4) is 11.1 Å². The second-order valence-corrected chi connectivity index (χ2v) is 9.04. The number of hydrogen-bond donors (Lipinski definition) is 0. The Kier molecular flexibility index (Phi) is 4.75. The van der Waals surface area contributed by atoms with Gasteiger partial charge in [-0.2, -0.15) is 0 Å². The summed E-state index contributed by atoms with van der Waals surface area (Å²) in [6.07, 6.45) is 0. The summed E-state index contributed by atoms with van der Waals surface area (Å²) in [5.74, 6) is -0.287. The van der Waals surface area contributed by atoms with Gasteiger partial charge in [-0.25, -0.2) is 4.39 Å². The smallest absolute Gasteiger partial charge is 0.171 e. The van der Waals surface area contributed by atoms with Gasteiger partial charge < -0.3 is 4.57 Å². The van der Waals surface area contributed by atoms with Crippen molar-refractivity contribution in [3.05, 3.63) is 115 Å². The van der Waals surface area contributed by atoms with E-state index in [0.29, 0.717) is 0 Å². The molecule has 4 rings (SSSR count). The molecular weight excluding hydrogens is 354 g/mol. The fourth-order valence-electron chi connectivity index (χ4n) is 3.32. The van der Waals surface area contributed by atoms with Gasteiger partial charge in [-0.1, -0.05) is 97.1 Å². The summed E-state index contributed by atoms with van der Waals surface area (Å²) in [7, 11) is -3.09. The van der Waals surface area contributed by atoms with Gasteiger partial charge in [0.05, 0.1) is 0 Å². The first-order valence-corrected chi connectivity index (χ1v) is 10.5. The monoisotopic (exact) mass is 372 g/mol. The van der Waals surface area contributed by atoms with Crippen molar-refractivity contribution < 1.29 is 8.96 Å². The van der Waals surface area contributed by atoms with Crippen molar-refractivity contribution in [2.24, 2.45) is 0 Å². The molecule has 0 spiro atoms. The Morgan fingerprint density at radius 1 is 0.556 bits per heavy atom. The highest BCUT2D eigenvalue weighted by Crippen LogP contribution is 2.45. The van der Waals surface area contributed by atoms with Crippen LogP contribution in [0.2, 0.25) is 0 Å². The molecule has 0 aliphatic rings. The molecule has 132 valence electrons. The molecule has 4 aromatic rings. The molecule has 0 aliphatic carbocycles. The summed E-state index contributed by atoms with van der Waals surface area (Å²) < 4.78 is 28.0. The van der Waals surface area contributed by atoms with E-state index in [4.69, 9.17) is 0 Å². The van der Waals surface area contributed by atoms with Crippen molar-refractivity contribution in [2.45, 2.75) is 0 Å². The van der Waals surface area contributed by atoms with Crippen LogP contribution in [0.5, 0.6) is 0 Å². The summed E-state index contributed by atoms with van der Waals surface area (Å²) in [5.41, 5.74) is 1.70. The minimum absolute atomic E-state index is 0.287. The van der Waals surface area contributed by atoms with Gasteiger partial charge in [0.2, 0.25) is 0 Å². The molecule has 1 nitrogen and oxygen atoms in total. The van der Waals surface area contributed by atoms with Crippen LogP contribution in [-0.4, -0.2) is 0 Å². The number of hydrogen-bond acceptors (Lipinski definition) is 1. The maximum absolute atomic E-state index is 14.6. The number of rotatable bonds is 4. The predicted octanol–water partition coefficient (Wildman–Crippen LogP) is 5.13. The van der Waals surface area contributed by atoms with Gasteiger partial charge in [0.1, 0.15) is 5.82 Å². The van der Waals surface area contributed by atoms with E-state index in [1.165, 1.54) is 12.1 Å². The van der Waals surface area contributed by atoms with Gasteiger partial charge in [-0.05, 0) is 23.3 Å². The van der Waals surface area contributed by atoms with E-state index < -0.39 is 7.14 Å². The van der Waals surface area contributed by atoms with Crippen LogP contribution in [0.4, 0.5) is 4.39 Å². The molecule has 0 bridgehead atoms. The molecule has 0 heterocycles. The van der Waals surface area contributed by atoms with Crippen molar-refractivity contribution in [1.29, 1.82) is 0 Å². The van der Waals surface area contributed by atoms with Gasteiger partial charge in [-0.3, -0.25) is 0 Å². The quantitative estimate of drug-likeness (QED) is 0.454. The SMILES string of the molecule is O=P(c1ccccc1)(c1ccccc1)c1ccccc1-c1ccc(F)cc1. The van der Waals surface area contributed by atoms with E-state index >= 15 is 0 Å².